The third-order valence-electron chi connectivity index (χ3n) is 1.26. The van der Waals surface area contributed by atoms with Crippen molar-refractivity contribution in [3.63, 3.8) is 0 Å². The highest BCUT2D eigenvalue weighted by Gasteiger charge is 1.97. The summed E-state index contributed by atoms with van der Waals surface area (Å²) in [6.07, 6.45) is 3.01. The Kier molecular flexibility index (Phi) is 5.26. The van der Waals surface area contributed by atoms with Gasteiger partial charge in [0.25, 0.3) is 0 Å². The molecule has 0 aliphatic carbocycles. The molecule has 60 valence electrons. The molecule has 0 spiro atoms. The summed E-state index contributed by atoms with van der Waals surface area (Å²) in [6.45, 7) is 3.91. The minimum atomic E-state index is -0.546. The molecule has 0 heterocycles. The summed E-state index contributed by atoms with van der Waals surface area (Å²) in [4.78, 5) is 0. The van der Waals surface area contributed by atoms with Gasteiger partial charge in [-0.25, -0.2) is 0 Å². The Morgan fingerprint density at radius 2 is 2.10 bits per heavy atom. The van der Waals surface area contributed by atoms with Crippen molar-refractivity contribution in [3.8, 4) is 0 Å². The molecule has 0 aromatic rings. The minimum absolute atomic E-state index is 0.128. The van der Waals surface area contributed by atoms with Crippen molar-refractivity contribution in [1.82, 2.24) is 0 Å². The summed E-state index contributed by atoms with van der Waals surface area (Å²) in [7, 11) is 0. The fourth-order valence-corrected chi connectivity index (χ4v) is 0.656. The number of hydrogen-bond donors (Lipinski definition) is 2. The van der Waals surface area contributed by atoms with E-state index in [2.05, 4.69) is 6.08 Å². The van der Waals surface area contributed by atoms with E-state index in [0.29, 0.717) is 6.42 Å². The Balaban J connectivity index is 3.28. The maximum Gasteiger partial charge on any atom is 0.0773 e. The van der Waals surface area contributed by atoms with Crippen LogP contribution < -0.4 is 0 Å². The molecule has 0 aliphatic rings. The fourth-order valence-electron chi connectivity index (χ4n) is 0.656. The van der Waals surface area contributed by atoms with Crippen LogP contribution in [-0.4, -0.2) is 22.9 Å². The van der Waals surface area contributed by atoms with Crippen molar-refractivity contribution >= 4 is 0 Å². The van der Waals surface area contributed by atoms with Gasteiger partial charge in [-0.3, -0.25) is 0 Å². The van der Waals surface area contributed by atoms with Crippen LogP contribution in [-0.2, 0) is 0 Å². The summed E-state index contributed by atoms with van der Waals surface area (Å²) >= 11 is 0. The molecule has 0 aromatic carbocycles. The zero-order valence-corrected chi connectivity index (χ0v) is 6.67. The first-order chi connectivity index (χ1) is 4.66. The second-order valence-corrected chi connectivity index (χ2v) is 2.70. The monoisotopic (exact) mass is 144 g/mol. The van der Waals surface area contributed by atoms with Gasteiger partial charge in [-0.15, -0.1) is 0 Å². The summed E-state index contributed by atoms with van der Waals surface area (Å²) in [5, 5.41) is 17.3. The molecule has 0 unspecified atom stereocenters. The van der Waals surface area contributed by atoms with Gasteiger partial charge in [0, 0.05) is 0 Å². The average Bonchev–Trinajstić information content (AvgIpc) is 1.87. The van der Waals surface area contributed by atoms with Crippen LogP contribution in [0.1, 0.15) is 26.7 Å². The van der Waals surface area contributed by atoms with Crippen LogP contribution in [0.25, 0.3) is 0 Å². The minimum Gasteiger partial charge on any atom is -0.394 e. The van der Waals surface area contributed by atoms with E-state index < -0.39 is 6.10 Å². The Morgan fingerprint density at radius 1 is 1.50 bits per heavy atom. The molecule has 2 heteroatoms. The molecular weight excluding hydrogens is 128 g/mol. The van der Waals surface area contributed by atoms with Gasteiger partial charge in [-0.1, -0.05) is 11.6 Å². The van der Waals surface area contributed by atoms with E-state index in [1.54, 1.807) is 0 Å². The van der Waals surface area contributed by atoms with E-state index in [9.17, 15) is 0 Å². The largest absolute Gasteiger partial charge is 0.394 e. The van der Waals surface area contributed by atoms with Gasteiger partial charge in [0.05, 0.1) is 12.7 Å². The molecule has 10 heavy (non-hydrogen) atoms. The van der Waals surface area contributed by atoms with Crippen LogP contribution in [0.3, 0.4) is 0 Å². The quantitative estimate of drug-likeness (QED) is 0.580. The molecule has 0 saturated heterocycles. The molecule has 0 aromatic heterocycles. The lowest BCUT2D eigenvalue weighted by Gasteiger charge is -2.02. The van der Waals surface area contributed by atoms with Crippen LogP contribution in [0.5, 0.6) is 0 Å². The first kappa shape index (κ1) is 9.66. The number of rotatable bonds is 4. The fraction of sp³-hybridized carbons (Fsp3) is 0.750. The lowest BCUT2D eigenvalue weighted by atomic mass is 10.1. The summed E-state index contributed by atoms with van der Waals surface area (Å²) in [5.41, 5.74) is 1.25. The van der Waals surface area contributed by atoms with E-state index in [1.165, 1.54) is 5.57 Å². The van der Waals surface area contributed by atoms with Crippen molar-refractivity contribution in [2.75, 3.05) is 6.61 Å². The Labute approximate surface area is 62.2 Å². The molecule has 0 aliphatic heterocycles. The van der Waals surface area contributed by atoms with Gasteiger partial charge in [-0.05, 0) is 26.7 Å². The number of aliphatic hydroxyl groups is 2. The highest BCUT2D eigenvalue weighted by Crippen LogP contribution is 2.00. The molecule has 0 rings (SSSR count). The van der Waals surface area contributed by atoms with Gasteiger partial charge in [0.15, 0.2) is 0 Å². The normalized spacial score (nSPS) is 12.8. The molecule has 2 nitrogen and oxygen atoms in total. The third-order valence-corrected chi connectivity index (χ3v) is 1.26. The zero-order valence-electron chi connectivity index (χ0n) is 6.67. The topological polar surface area (TPSA) is 40.5 Å². The van der Waals surface area contributed by atoms with Gasteiger partial charge < -0.3 is 10.2 Å². The highest BCUT2D eigenvalue weighted by molar-refractivity contribution is 4.92. The molecule has 0 fully saturated rings. The molecule has 0 amide bonds. The second-order valence-electron chi connectivity index (χ2n) is 2.70. The first-order valence-corrected chi connectivity index (χ1v) is 3.59. The predicted octanol–water partition coefficient (Wildman–Crippen LogP) is 1.09. The Hall–Kier alpha value is -0.340. The molecule has 2 N–H and O–H groups in total. The number of allylic oxidation sites excluding steroid dienone is 2. The molecule has 0 saturated carbocycles. The number of aliphatic hydroxyl groups excluding tert-OH is 2. The van der Waals surface area contributed by atoms with Gasteiger partial charge in [-0.2, -0.15) is 0 Å². The van der Waals surface area contributed by atoms with Crippen LogP contribution in [0.15, 0.2) is 11.6 Å². The smallest absolute Gasteiger partial charge is 0.0773 e. The lowest BCUT2D eigenvalue weighted by molar-refractivity contribution is 0.0891. The van der Waals surface area contributed by atoms with E-state index in [4.69, 9.17) is 10.2 Å². The van der Waals surface area contributed by atoms with Gasteiger partial charge >= 0.3 is 0 Å². The average molecular weight is 144 g/mol. The van der Waals surface area contributed by atoms with E-state index in [1.807, 2.05) is 13.8 Å². The van der Waals surface area contributed by atoms with Crippen molar-refractivity contribution < 1.29 is 10.2 Å². The number of hydrogen-bond acceptors (Lipinski definition) is 2. The predicted molar refractivity (Wildman–Crippen MR) is 41.8 cm³/mol. The van der Waals surface area contributed by atoms with E-state index in [0.717, 1.165) is 6.42 Å². The van der Waals surface area contributed by atoms with Crippen molar-refractivity contribution in [1.29, 1.82) is 0 Å². The molecule has 1 atom stereocenters. The first-order valence-electron chi connectivity index (χ1n) is 3.59. The van der Waals surface area contributed by atoms with Gasteiger partial charge in [0.2, 0.25) is 0 Å². The third kappa shape index (κ3) is 5.79. The van der Waals surface area contributed by atoms with Crippen molar-refractivity contribution in [2.45, 2.75) is 32.8 Å². The van der Waals surface area contributed by atoms with E-state index in [-0.39, 0.29) is 6.61 Å². The Bertz CT molecular complexity index is 104. The van der Waals surface area contributed by atoms with Crippen LogP contribution in [0.4, 0.5) is 0 Å². The maximum atomic E-state index is 8.89. The second kappa shape index (κ2) is 5.45. The SMILES string of the molecule is CC(C)=CCC[C@H](O)CO. The molecule has 0 radical (unpaired) electrons. The van der Waals surface area contributed by atoms with Crippen LogP contribution in [0, 0.1) is 0 Å². The summed E-state index contributed by atoms with van der Waals surface area (Å²) < 4.78 is 0. The standard InChI is InChI=1S/C8H16O2/c1-7(2)4-3-5-8(10)6-9/h4,8-10H,3,5-6H2,1-2H3/t8-/m0/s1. The lowest BCUT2D eigenvalue weighted by Crippen LogP contribution is -2.10. The Morgan fingerprint density at radius 3 is 2.50 bits per heavy atom. The van der Waals surface area contributed by atoms with Crippen molar-refractivity contribution in [3.05, 3.63) is 11.6 Å². The van der Waals surface area contributed by atoms with Crippen LogP contribution in [0.2, 0.25) is 0 Å². The molecular formula is C8H16O2. The van der Waals surface area contributed by atoms with E-state index >= 15 is 0 Å². The summed E-state index contributed by atoms with van der Waals surface area (Å²) in [6, 6.07) is 0. The zero-order chi connectivity index (χ0) is 7.98. The summed E-state index contributed by atoms with van der Waals surface area (Å²) in [5.74, 6) is 0. The maximum absolute atomic E-state index is 8.89. The van der Waals surface area contributed by atoms with Crippen LogP contribution >= 0.6 is 0 Å². The highest BCUT2D eigenvalue weighted by atomic mass is 16.3. The molecule has 0 bridgehead atoms. The van der Waals surface area contributed by atoms with Gasteiger partial charge in [0.1, 0.15) is 0 Å². The van der Waals surface area contributed by atoms with Crippen molar-refractivity contribution in [2.24, 2.45) is 0 Å².